The van der Waals surface area contributed by atoms with Gasteiger partial charge in [0.1, 0.15) is 0 Å². The Morgan fingerprint density at radius 1 is 1.00 bits per heavy atom. The van der Waals surface area contributed by atoms with E-state index in [1.165, 1.54) is 0 Å². The molecule has 0 N–H and O–H groups in total. The Bertz CT molecular complexity index is 8.00. The fourth-order valence-electron chi connectivity index (χ4n) is 0. The van der Waals surface area contributed by atoms with E-state index in [1.807, 2.05) is 0 Å². The fourth-order valence-corrected chi connectivity index (χ4v) is 0. The van der Waals surface area contributed by atoms with Crippen LogP contribution in [0.25, 0.3) is 0 Å². The van der Waals surface area contributed by atoms with Gasteiger partial charge in [-0.15, -0.1) is 0 Å². The Morgan fingerprint density at radius 2 is 1.00 bits per heavy atom. The molecule has 0 aromatic heterocycles. The average molecular weight is 131 g/mol. The van der Waals surface area contributed by atoms with Gasteiger partial charge in [0.25, 0.3) is 0 Å². The van der Waals surface area contributed by atoms with Gasteiger partial charge in [-0.1, -0.05) is 0 Å². The molecule has 0 saturated carbocycles. The van der Waals surface area contributed by atoms with E-state index in [9.17, 15) is 0 Å². The molecule has 0 rings (SSSR count). The van der Waals surface area contributed by atoms with Crippen molar-refractivity contribution < 1.29 is 0 Å². The van der Waals surface area contributed by atoms with Crippen molar-refractivity contribution >= 4 is 42.9 Å². The minimum atomic E-state index is -1.98. The van der Waals surface area contributed by atoms with E-state index in [4.69, 9.17) is 27.2 Å². The molecule has 4 heteroatoms. The summed E-state index contributed by atoms with van der Waals surface area (Å²) in [6, 6.07) is 0. The highest BCUT2D eigenvalue weighted by molar-refractivity contribution is 7.54. The minimum Gasteiger partial charge on any atom is -0.278 e. The second-order valence-electron chi connectivity index (χ2n) is 0.303. The predicted octanol–water partition coefficient (Wildman–Crippen LogP) is 1.69. The predicted molar refractivity (Wildman–Crippen MR) is 23.3 cm³/mol. The lowest BCUT2D eigenvalue weighted by atomic mass is 24.0. The van der Waals surface area contributed by atoms with Gasteiger partial charge in [0, 0.05) is 0 Å². The van der Waals surface area contributed by atoms with Crippen molar-refractivity contribution in [1.82, 2.24) is 0 Å². The third kappa shape index (κ3) is 9.44. The molecule has 23 valence electrons. The molecule has 3 radical (unpaired) electrons. The fraction of sp³-hybridized carbons (Fsp3) is 0. The standard InChI is InChI=1S/3ClH.Mg/h3*1H;/q;;;+3/p-3. The summed E-state index contributed by atoms with van der Waals surface area (Å²) in [5.41, 5.74) is 0. The molecule has 0 atom stereocenters. The second-order valence-corrected chi connectivity index (χ2v) is 8.18. The van der Waals surface area contributed by atoms with Gasteiger partial charge in [-0.05, 0) is 0 Å². The Morgan fingerprint density at radius 3 is 1.00 bits per heavy atom. The Hall–Kier alpha value is 1.64. The van der Waals surface area contributed by atoms with Crippen molar-refractivity contribution in [2.24, 2.45) is 0 Å². The van der Waals surface area contributed by atoms with Gasteiger partial charge >= 0.3 is 15.7 Å². The molecule has 0 amide bonds. The summed E-state index contributed by atoms with van der Waals surface area (Å²) in [5.74, 6) is 0. The van der Waals surface area contributed by atoms with Gasteiger partial charge in [0.15, 0.2) is 0 Å². The summed E-state index contributed by atoms with van der Waals surface area (Å²) >= 11 is -1.98. The molecule has 0 spiro atoms. The summed E-state index contributed by atoms with van der Waals surface area (Å²) in [6.45, 7) is 0. The van der Waals surface area contributed by atoms with Crippen LogP contribution in [0.5, 0.6) is 0 Å². The maximum atomic E-state index is 4.98. The molecule has 0 aromatic rings. The highest BCUT2D eigenvalue weighted by atomic mass is 35.7. The van der Waals surface area contributed by atoms with E-state index < -0.39 is 15.7 Å². The highest BCUT2D eigenvalue weighted by Gasteiger charge is 2.10. The molecule has 0 unspecified atom stereocenters. The maximum Gasteiger partial charge on any atom is 0.835 e. The molecule has 0 aliphatic carbocycles. The van der Waals surface area contributed by atoms with Gasteiger partial charge in [0.2, 0.25) is 0 Å². The first kappa shape index (κ1) is 5.64. The van der Waals surface area contributed by atoms with Crippen molar-refractivity contribution in [3.8, 4) is 0 Å². The van der Waals surface area contributed by atoms with E-state index in [2.05, 4.69) is 0 Å². The monoisotopic (exact) mass is 129 g/mol. The zero-order chi connectivity index (χ0) is 3.58. The van der Waals surface area contributed by atoms with Gasteiger partial charge in [-0.2, -0.15) is 0 Å². The number of hydrogen-bond donors (Lipinski definition) is 0. The minimum absolute atomic E-state index is 1.98. The molecule has 0 saturated heterocycles. The maximum absolute atomic E-state index is 4.98. The molecule has 4 heavy (non-hydrogen) atoms. The lowest BCUT2D eigenvalue weighted by molar-refractivity contribution is 4.07. The van der Waals surface area contributed by atoms with Crippen LogP contribution in [0.15, 0.2) is 0 Å². The van der Waals surface area contributed by atoms with Crippen LogP contribution in [-0.4, -0.2) is 15.7 Å². The van der Waals surface area contributed by atoms with Crippen molar-refractivity contribution in [2.75, 3.05) is 0 Å². The zero-order valence-electron chi connectivity index (χ0n) is 1.84. The summed E-state index contributed by atoms with van der Waals surface area (Å²) in [7, 11) is 14.9. The van der Waals surface area contributed by atoms with E-state index in [0.717, 1.165) is 0 Å². The summed E-state index contributed by atoms with van der Waals surface area (Å²) in [5, 5.41) is 0. The van der Waals surface area contributed by atoms with Crippen LogP contribution >= 0.6 is 27.2 Å². The summed E-state index contributed by atoms with van der Waals surface area (Å²) in [4.78, 5) is 0. The van der Waals surface area contributed by atoms with Gasteiger partial charge in [0.05, 0.1) is 0 Å². The number of rotatable bonds is 0. The van der Waals surface area contributed by atoms with E-state index >= 15 is 0 Å². The topological polar surface area (TPSA) is 0 Å². The molecule has 0 nitrogen and oxygen atoms in total. The highest BCUT2D eigenvalue weighted by Crippen LogP contribution is 1.97. The SMILES string of the molecule is [Cl][Mg]([Cl])[Cl]. The van der Waals surface area contributed by atoms with Crippen molar-refractivity contribution in [2.45, 2.75) is 0 Å². The Labute approximate surface area is 42.8 Å². The molecular formula is Cl3Mg. The van der Waals surface area contributed by atoms with Crippen LogP contribution in [0, 0.1) is 0 Å². The van der Waals surface area contributed by atoms with Crippen molar-refractivity contribution in [3.05, 3.63) is 0 Å². The van der Waals surface area contributed by atoms with Gasteiger partial charge in [-0.3, -0.25) is 27.2 Å². The third-order valence-electron chi connectivity index (χ3n) is 0. The van der Waals surface area contributed by atoms with Crippen LogP contribution < -0.4 is 0 Å². The van der Waals surface area contributed by atoms with Crippen LogP contribution in [0.2, 0.25) is 0 Å². The zero-order valence-corrected chi connectivity index (χ0v) is 5.52. The molecule has 0 aliphatic heterocycles. The van der Waals surface area contributed by atoms with E-state index in [1.54, 1.807) is 0 Å². The summed E-state index contributed by atoms with van der Waals surface area (Å²) < 4.78 is 0. The number of hydrogen-bond acceptors (Lipinski definition) is 0. The van der Waals surface area contributed by atoms with Crippen LogP contribution in [-0.2, 0) is 0 Å². The first-order valence-electron chi connectivity index (χ1n) is 0.802. The molecule has 0 heterocycles. The lowest BCUT2D eigenvalue weighted by Crippen LogP contribution is -1.66. The Kier molecular flexibility index (Phi) is 4.02. The molecule has 0 fully saturated rings. The molecule has 0 aliphatic rings. The number of halogens is 3. The quantitative estimate of drug-likeness (QED) is 0.438. The van der Waals surface area contributed by atoms with Crippen LogP contribution in [0.1, 0.15) is 0 Å². The van der Waals surface area contributed by atoms with Gasteiger partial charge in [-0.25, -0.2) is 0 Å². The van der Waals surface area contributed by atoms with Crippen LogP contribution in [0.4, 0.5) is 0 Å². The first-order valence-corrected chi connectivity index (χ1v) is 7.22. The second kappa shape index (κ2) is 2.85. The van der Waals surface area contributed by atoms with Gasteiger partial charge < -0.3 is 0 Å². The first-order chi connectivity index (χ1) is 1.73. The van der Waals surface area contributed by atoms with Crippen molar-refractivity contribution in [3.63, 3.8) is 0 Å². The van der Waals surface area contributed by atoms with E-state index in [-0.39, 0.29) is 0 Å². The largest absolute Gasteiger partial charge is 0.835 e. The summed E-state index contributed by atoms with van der Waals surface area (Å²) in [6.07, 6.45) is 0. The smallest absolute Gasteiger partial charge is 0.278 e. The Balaban J connectivity index is 2.32. The van der Waals surface area contributed by atoms with E-state index in [0.29, 0.717) is 0 Å². The molecular weight excluding hydrogens is 131 g/mol. The van der Waals surface area contributed by atoms with Crippen LogP contribution in [0.3, 0.4) is 0 Å². The van der Waals surface area contributed by atoms with Crippen molar-refractivity contribution in [1.29, 1.82) is 0 Å². The molecule has 0 bridgehead atoms. The normalized spacial score (nSPS) is 9.00. The third-order valence-corrected chi connectivity index (χ3v) is 0. The lowest BCUT2D eigenvalue weighted by Gasteiger charge is -1.54. The average Bonchev–Trinajstić information content (AvgIpc) is 0.811. The molecule has 0 aromatic carbocycles.